The van der Waals surface area contributed by atoms with Gasteiger partial charge in [0.05, 0.1) is 19.9 Å². The van der Waals surface area contributed by atoms with Crippen LogP contribution in [0.1, 0.15) is 12.1 Å². The Kier molecular flexibility index (Phi) is 6.51. The second-order valence-electron chi connectivity index (χ2n) is 5.33. The monoisotopic (exact) mass is 330 g/mol. The highest BCUT2D eigenvalue weighted by atomic mass is 16.5. The van der Waals surface area contributed by atoms with Gasteiger partial charge in [0.15, 0.2) is 0 Å². The second-order valence-corrected chi connectivity index (χ2v) is 5.33. The first-order valence-electron chi connectivity index (χ1n) is 7.57. The van der Waals surface area contributed by atoms with E-state index in [1.807, 2.05) is 11.9 Å². The zero-order chi connectivity index (χ0) is 17.4. The van der Waals surface area contributed by atoms with E-state index in [1.54, 1.807) is 51.0 Å². The van der Waals surface area contributed by atoms with Gasteiger partial charge < -0.3 is 14.8 Å². The van der Waals surface area contributed by atoms with E-state index in [4.69, 9.17) is 9.47 Å². The molecular formula is C17H22N4O3. The first-order chi connectivity index (χ1) is 11.6. The van der Waals surface area contributed by atoms with Crippen molar-refractivity contribution in [3.8, 4) is 11.5 Å². The Morgan fingerprint density at radius 3 is 2.46 bits per heavy atom. The van der Waals surface area contributed by atoms with E-state index >= 15 is 0 Å². The molecule has 7 heteroatoms. The number of carbonyl (C=O) groups is 1. The molecule has 7 nitrogen and oxygen atoms in total. The van der Waals surface area contributed by atoms with E-state index < -0.39 is 0 Å². The molecule has 0 unspecified atom stereocenters. The Labute approximate surface area is 141 Å². The number of rotatable bonds is 8. The third-order valence-electron chi connectivity index (χ3n) is 3.40. The minimum absolute atomic E-state index is 0.0729. The number of hydrogen-bond donors (Lipinski definition) is 1. The zero-order valence-corrected chi connectivity index (χ0v) is 14.2. The Hall–Kier alpha value is -2.67. The maximum absolute atomic E-state index is 12.1. The number of anilines is 1. The normalized spacial score (nSPS) is 10.5. The van der Waals surface area contributed by atoms with Crippen LogP contribution in [0.3, 0.4) is 0 Å². The van der Waals surface area contributed by atoms with E-state index in [0.717, 1.165) is 5.69 Å². The molecule has 0 aliphatic carbocycles. The lowest BCUT2D eigenvalue weighted by Crippen LogP contribution is -2.24. The molecule has 1 heterocycles. The molecule has 0 aliphatic heterocycles. The van der Waals surface area contributed by atoms with Crippen molar-refractivity contribution < 1.29 is 14.3 Å². The van der Waals surface area contributed by atoms with Crippen molar-refractivity contribution in [2.45, 2.75) is 13.0 Å². The van der Waals surface area contributed by atoms with Crippen LogP contribution in [0.4, 0.5) is 5.69 Å². The summed E-state index contributed by atoms with van der Waals surface area (Å²) < 4.78 is 10.4. The summed E-state index contributed by atoms with van der Waals surface area (Å²) in [5, 5.41) is 2.86. The Balaban J connectivity index is 1.84. The summed E-state index contributed by atoms with van der Waals surface area (Å²) in [5.41, 5.74) is 1.52. The molecule has 0 atom stereocenters. The van der Waals surface area contributed by atoms with Crippen LogP contribution in [0.15, 0.2) is 36.8 Å². The van der Waals surface area contributed by atoms with E-state index in [2.05, 4.69) is 15.3 Å². The number of carbonyl (C=O) groups excluding carboxylic acids is 1. The van der Waals surface area contributed by atoms with Gasteiger partial charge in [0.2, 0.25) is 5.91 Å². The summed E-state index contributed by atoms with van der Waals surface area (Å²) in [5.74, 6) is 1.19. The highest BCUT2D eigenvalue weighted by molar-refractivity contribution is 5.91. The number of aromatic nitrogens is 2. The van der Waals surface area contributed by atoms with E-state index in [1.165, 1.54) is 0 Å². The molecule has 1 aromatic heterocycles. The van der Waals surface area contributed by atoms with E-state index in [0.29, 0.717) is 36.7 Å². The van der Waals surface area contributed by atoms with E-state index in [9.17, 15) is 4.79 Å². The molecule has 2 aromatic rings. The maximum atomic E-state index is 12.1. The standard InChI is InChI=1S/C17H22N4O3/c1-21(12-14-11-18-5-6-19-14)7-4-17(22)20-13-8-15(23-2)10-16(9-13)24-3/h5-6,8-11H,4,7,12H2,1-3H3,(H,20,22). The average molecular weight is 330 g/mol. The fraction of sp³-hybridized carbons (Fsp3) is 0.353. The SMILES string of the molecule is COc1cc(NC(=O)CCN(C)Cc2cnccn2)cc(OC)c1. The van der Waals surface area contributed by atoms with Crippen molar-refractivity contribution in [2.24, 2.45) is 0 Å². The van der Waals surface area contributed by atoms with Crippen LogP contribution >= 0.6 is 0 Å². The van der Waals surface area contributed by atoms with Gasteiger partial charge in [-0.3, -0.25) is 19.7 Å². The molecule has 0 saturated carbocycles. The van der Waals surface area contributed by atoms with Gasteiger partial charge in [-0.2, -0.15) is 0 Å². The van der Waals surface area contributed by atoms with Crippen LogP contribution in [-0.2, 0) is 11.3 Å². The first kappa shape index (κ1) is 17.7. The number of benzene rings is 1. The van der Waals surface area contributed by atoms with Crippen molar-refractivity contribution in [3.63, 3.8) is 0 Å². The van der Waals surface area contributed by atoms with Crippen molar-refractivity contribution in [2.75, 3.05) is 33.1 Å². The number of hydrogen-bond acceptors (Lipinski definition) is 6. The molecule has 24 heavy (non-hydrogen) atoms. The summed E-state index contributed by atoms with van der Waals surface area (Å²) in [6.45, 7) is 1.26. The van der Waals surface area contributed by atoms with Gasteiger partial charge >= 0.3 is 0 Å². The summed E-state index contributed by atoms with van der Waals surface area (Å²) in [6.07, 6.45) is 5.39. The van der Waals surface area contributed by atoms with Crippen LogP contribution < -0.4 is 14.8 Å². The lowest BCUT2D eigenvalue weighted by molar-refractivity contribution is -0.116. The van der Waals surface area contributed by atoms with Crippen LogP contribution in [0, 0.1) is 0 Å². The smallest absolute Gasteiger partial charge is 0.225 e. The van der Waals surface area contributed by atoms with Crippen LogP contribution in [0.5, 0.6) is 11.5 Å². The van der Waals surface area contributed by atoms with Crippen LogP contribution in [-0.4, -0.2) is 48.6 Å². The average Bonchev–Trinajstić information content (AvgIpc) is 2.60. The molecule has 2 rings (SSSR count). The number of methoxy groups -OCH3 is 2. The maximum Gasteiger partial charge on any atom is 0.225 e. The van der Waals surface area contributed by atoms with Crippen LogP contribution in [0.2, 0.25) is 0 Å². The van der Waals surface area contributed by atoms with Crippen molar-refractivity contribution >= 4 is 11.6 Å². The molecule has 1 amide bonds. The zero-order valence-electron chi connectivity index (χ0n) is 14.2. The Morgan fingerprint density at radius 2 is 1.88 bits per heavy atom. The lowest BCUT2D eigenvalue weighted by atomic mass is 10.2. The van der Waals surface area contributed by atoms with Crippen molar-refractivity contribution in [1.29, 1.82) is 0 Å². The fourth-order valence-electron chi connectivity index (χ4n) is 2.16. The molecular weight excluding hydrogens is 308 g/mol. The Bertz CT molecular complexity index is 642. The fourth-order valence-corrected chi connectivity index (χ4v) is 2.16. The van der Waals surface area contributed by atoms with Gasteiger partial charge in [0, 0.05) is 62.0 Å². The third kappa shape index (κ3) is 5.51. The minimum atomic E-state index is -0.0729. The number of amides is 1. The van der Waals surface area contributed by atoms with Gasteiger partial charge in [-0.1, -0.05) is 0 Å². The summed E-state index contributed by atoms with van der Waals surface area (Å²) >= 11 is 0. The molecule has 1 N–H and O–H groups in total. The summed E-state index contributed by atoms with van der Waals surface area (Å²) in [7, 11) is 5.08. The quantitative estimate of drug-likeness (QED) is 0.797. The largest absolute Gasteiger partial charge is 0.497 e. The van der Waals surface area contributed by atoms with Crippen molar-refractivity contribution in [3.05, 3.63) is 42.5 Å². The van der Waals surface area contributed by atoms with Gasteiger partial charge in [-0.25, -0.2) is 0 Å². The number of nitrogens with one attached hydrogen (secondary N) is 1. The predicted octanol–water partition coefficient (Wildman–Crippen LogP) is 1.95. The molecule has 0 aliphatic rings. The highest BCUT2D eigenvalue weighted by Crippen LogP contribution is 2.25. The van der Waals surface area contributed by atoms with Gasteiger partial charge in [0.25, 0.3) is 0 Å². The highest BCUT2D eigenvalue weighted by Gasteiger charge is 2.08. The molecule has 128 valence electrons. The van der Waals surface area contributed by atoms with Gasteiger partial charge in [-0.05, 0) is 7.05 Å². The van der Waals surface area contributed by atoms with Crippen molar-refractivity contribution in [1.82, 2.24) is 14.9 Å². The molecule has 0 saturated heterocycles. The minimum Gasteiger partial charge on any atom is -0.497 e. The third-order valence-corrected chi connectivity index (χ3v) is 3.40. The van der Waals surface area contributed by atoms with Gasteiger partial charge in [-0.15, -0.1) is 0 Å². The topological polar surface area (TPSA) is 76.6 Å². The summed E-state index contributed by atoms with van der Waals surface area (Å²) in [6, 6.07) is 5.26. The van der Waals surface area contributed by atoms with E-state index in [-0.39, 0.29) is 5.91 Å². The molecule has 0 bridgehead atoms. The lowest BCUT2D eigenvalue weighted by Gasteiger charge is -2.16. The van der Waals surface area contributed by atoms with Gasteiger partial charge in [0.1, 0.15) is 11.5 Å². The number of ether oxygens (including phenoxy) is 2. The molecule has 0 fully saturated rings. The second kappa shape index (κ2) is 8.83. The van der Waals surface area contributed by atoms with Crippen LogP contribution in [0.25, 0.3) is 0 Å². The number of nitrogens with zero attached hydrogens (tertiary/aromatic N) is 3. The molecule has 0 spiro atoms. The summed E-state index contributed by atoms with van der Waals surface area (Å²) in [4.78, 5) is 22.4. The molecule has 0 radical (unpaired) electrons. The first-order valence-corrected chi connectivity index (χ1v) is 7.57. The Morgan fingerprint density at radius 1 is 1.17 bits per heavy atom. The molecule has 1 aromatic carbocycles. The predicted molar refractivity (Wildman–Crippen MR) is 91.2 cm³/mol.